The fraction of sp³-hybridized carbons (Fsp3) is 0.250. The van der Waals surface area contributed by atoms with Gasteiger partial charge in [-0.15, -0.1) is 0 Å². The van der Waals surface area contributed by atoms with Crippen molar-refractivity contribution in [3.05, 3.63) is 82.6 Å². The molecule has 0 saturated heterocycles. The Labute approximate surface area is 185 Å². The van der Waals surface area contributed by atoms with Crippen LogP contribution in [0.5, 0.6) is 5.75 Å². The maximum atomic E-state index is 12.7. The first-order chi connectivity index (χ1) is 15.6. The number of nitrogens with zero attached hydrogens (tertiary/aromatic N) is 2. The molecule has 8 nitrogen and oxygen atoms in total. The summed E-state index contributed by atoms with van der Waals surface area (Å²) >= 11 is 0. The van der Waals surface area contributed by atoms with Gasteiger partial charge in [0.15, 0.2) is 5.76 Å². The molecule has 0 spiro atoms. The third-order valence-corrected chi connectivity index (χ3v) is 5.33. The van der Waals surface area contributed by atoms with Gasteiger partial charge < -0.3 is 14.5 Å². The molecular weight excluding hydrogens is 408 g/mol. The van der Waals surface area contributed by atoms with Gasteiger partial charge in [0, 0.05) is 42.0 Å². The van der Waals surface area contributed by atoms with Gasteiger partial charge >= 0.3 is 0 Å². The number of aryl methyl sites for hydroxylation is 1. The number of carbonyl (C=O) groups is 2. The van der Waals surface area contributed by atoms with E-state index in [1.807, 2.05) is 19.1 Å². The van der Waals surface area contributed by atoms with Crippen molar-refractivity contribution >= 4 is 17.5 Å². The topological polar surface area (TPSA) is 106 Å². The molecule has 2 heterocycles. The van der Waals surface area contributed by atoms with E-state index in [2.05, 4.69) is 20.8 Å². The van der Waals surface area contributed by atoms with Crippen molar-refractivity contribution in [1.29, 1.82) is 0 Å². The summed E-state index contributed by atoms with van der Waals surface area (Å²) in [6.45, 7) is 2.20. The molecule has 0 aliphatic heterocycles. The number of methoxy groups -OCH3 is 1. The van der Waals surface area contributed by atoms with Crippen LogP contribution in [-0.2, 0) is 13.0 Å². The van der Waals surface area contributed by atoms with Gasteiger partial charge in [-0.2, -0.15) is 5.10 Å². The van der Waals surface area contributed by atoms with Crippen LogP contribution in [0.1, 0.15) is 56.2 Å². The smallest absolute Gasteiger partial charge is 0.287 e. The normalized spacial score (nSPS) is 14.0. The van der Waals surface area contributed by atoms with E-state index in [1.165, 1.54) is 0 Å². The van der Waals surface area contributed by atoms with Crippen molar-refractivity contribution < 1.29 is 18.7 Å². The van der Waals surface area contributed by atoms with Gasteiger partial charge in [-0.25, -0.2) is 5.43 Å². The Morgan fingerprint density at radius 2 is 2.06 bits per heavy atom. The minimum Gasteiger partial charge on any atom is -0.497 e. The van der Waals surface area contributed by atoms with Crippen LogP contribution in [0.4, 0.5) is 0 Å². The maximum absolute atomic E-state index is 12.7. The Balaban J connectivity index is 1.51. The molecule has 164 valence electrons. The molecule has 1 aromatic carbocycles. The summed E-state index contributed by atoms with van der Waals surface area (Å²) in [6, 6.07) is 10.6. The minimum absolute atomic E-state index is 0.271. The van der Waals surface area contributed by atoms with Crippen LogP contribution in [0.2, 0.25) is 0 Å². The van der Waals surface area contributed by atoms with Gasteiger partial charge in [-0.05, 0) is 49.6 Å². The number of benzene rings is 1. The second-order valence-electron chi connectivity index (χ2n) is 7.48. The van der Waals surface area contributed by atoms with Crippen LogP contribution >= 0.6 is 0 Å². The molecule has 1 aliphatic rings. The highest BCUT2D eigenvalue weighted by Gasteiger charge is 2.28. The van der Waals surface area contributed by atoms with E-state index in [9.17, 15) is 9.59 Å². The molecule has 1 aliphatic carbocycles. The van der Waals surface area contributed by atoms with Crippen LogP contribution in [0.3, 0.4) is 0 Å². The highest BCUT2D eigenvalue weighted by molar-refractivity contribution is 6.07. The predicted molar refractivity (Wildman–Crippen MR) is 119 cm³/mol. The molecule has 8 heteroatoms. The standard InChI is InChI=1S/C24H24N4O4/c1-15-21-19(27-28-23(29)17-7-3-8-18(12-17)31-2)9-4-10-20(21)32-22(15)24(30)26-14-16-6-5-11-25-13-16/h3,5-8,11-13H,4,9-10,14H2,1-2H3,(H,26,30)(H,28,29)/b27-19+. The number of hydrogen-bond donors (Lipinski definition) is 2. The van der Waals surface area contributed by atoms with Crippen LogP contribution in [0, 0.1) is 6.92 Å². The number of hydrazone groups is 1. The third kappa shape index (κ3) is 4.54. The molecule has 2 amide bonds. The molecule has 0 unspecified atom stereocenters. The lowest BCUT2D eigenvalue weighted by Gasteiger charge is -2.13. The number of nitrogens with one attached hydrogen (secondary N) is 2. The van der Waals surface area contributed by atoms with Crippen molar-refractivity contribution in [2.75, 3.05) is 7.11 Å². The number of aromatic nitrogens is 1. The maximum Gasteiger partial charge on any atom is 0.287 e. The van der Waals surface area contributed by atoms with Crippen LogP contribution in [0.15, 0.2) is 58.3 Å². The largest absolute Gasteiger partial charge is 0.497 e. The second-order valence-corrected chi connectivity index (χ2v) is 7.48. The fourth-order valence-corrected chi connectivity index (χ4v) is 3.71. The Kier molecular flexibility index (Phi) is 6.30. The van der Waals surface area contributed by atoms with Crippen LogP contribution in [0.25, 0.3) is 0 Å². The Morgan fingerprint density at radius 3 is 2.84 bits per heavy atom. The van der Waals surface area contributed by atoms with Gasteiger partial charge in [-0.3, -0.25) is 14.6 Å². The van der Waals surface area contributed by atoms with Crippen LogP contribution in [-0.4, -0.2) is 29.6 Å². The number of hydrogen-bond acceptors (Lipinski definition) is 6. The predicted octanol–water partition coefficient (Wildman–Crippen LogP) is 3.39. The lowest BCUT2D eigenvalue weighted by Crippen LogP contribution is -2.23. The van der Waals surface area contributed by atoms with Gasteiger partial charge in [0.05, 0.1) is 12.8 Å². The first-order valence-corrected chi connectivity index (χ1v) is 10.4. The lowest BCUT2D eigenvalue weighted by molar-refractivity contribution is 0.0919. The molecule has 0 saturated carbocycles. The Morgan fingerprint density at radius 1 is 1.19 bits per heavy atom. The summed E-state index contributed by atoms with van der Waals surface area (Å²) in [5.41, 5.74) is 6.19. The van der Waals surface area contributed by atoms with E-state index in [4.69, 9.17) is 9.15 Å². The first kappa shape index (κ1) is 21.3. The number of amides is 2. The Hall–Kier alpha value is -3.94. The molecule has 2 aromatic heterocycles. The molecular formula is C24H24N4O4. The number of rotatable bonds is 6. The molecule has 0 atom stereocenters. The quantitative estimate of drug-likeness (QED) is 0.581. The number of ether oxygens (including phenoxy) is 1. The van der Waals surface area contributed by atoms with Crippen molar-refractivity contribution in [2.45, 2.75) is 32.7 Å². The van der Waals surface area contributed by atoms with Crippen molar-refractivity contribution in [2.24, 2.45) is 5.10 Å². The summed E-state index contributed by atoms with van der Waals surface area (Å²) < 4.78 is 11.1. The lowest BCUT2D eigenvalue weighted by atomic mass is 9.93. The molecule has 32 heavy (non-hydrogen) atoms. The summed E-state index contributed by atoms with van der Waals surface area (Å²) in [7, 11) is 1.55. The highest BCUT2D eigenvalue weighted by atomic mass is 16.5. The molecule has 2 N–H and O–H groups in total. The average molecular weight is 432 g/mol. The zero-order chi connectivity index (χ0) is 22.5. The highest BCUT2D eigenvalue weighted by Crippen LogP contribution is 2.30. The van der Waals surface area contributed by atoms with Gasteiger partial charge in [-0.1, -0.05) is 12.1 Å². The van der Waals surface area contributed by atoms with Crippen molar-refractivity contribution in [1.82, 2.24) is 15.7 Å². The molecule has 0 fully saturated rings. The molecule has 4 rings (SSSR count). The summed E-state index contributed by atoms with van der Waals surface area (Å²) in [5, 5.41) is 7.23. The second kappa shape index (κ2) is 9.47. The minimum atomic E-state index is -0.334. The van der Waals surface area contributed by atoms with E-state index < -0.39 is 0 Å². The SMILES string of the molecule is COc1cccc(C(=O)N/N=C2\CCCc3oc(C(=O)NCc4cccnc4)c(C)c32)c1. The third-order valence-electron chi connectivity index (χ3n) is 5.33. The van der Waals surface area contributed by atoms with Crippen LogP contribution < -0.4 is 15.5 Å². The molecule has 3 aromatic rings. The number of fused-ring (bicyclic) bond motifs is 1. The Bertz CT molecular complexity index is 1170. The monoisotopic (exact) mass is 432 g/mol. The molecule has 0 radical (unpaired) electrons. The summed E-state index contributed by atoms with van der Waals surface area (Å²) in [6.07, 6.45) is 5.61. The molecule has 0 bridgehead atoms. The number of carbonyl (C=O) groups excluding carboxylic acids is 2. The summed E-state index contributed by atoms with van der Waals surface area (Å²) in [4.78, 5) is 29.3. The number of furan rings is 1. The fourth-order valence-electron chi connectivity index (χ4n) is 3.71. The van der Waals surface area contributed by atoms with E-state index >= 15 is 0 Å². The zero-order valence-electron chi connectivity index (χ0n) is 18.0. The van der Waals surface area contributed by atoms with Gasteiger partial charge in [0.2, 0.25) is 0 Å². The zero-order valence-corrected chi connectivity index (χ0v) is 18.0. The van der Waals surface area contributed by atoms with Crippen molar-refractivity contribution in [3.63, 3.8) is 0 Å². The van der Waals surface area contributed by atoms with E-state index in [1.54, 1.807) is 43.8 Å². The van der Waals surface area contributed by atoms with E-state index in [-0.39, 0.29) is 17.6 Å². The van der Waals surface area contributed by atoms with Crippen molar-refractivity contribution in [3.8, 4) is 5.75 Å². The van der Waals surface area contributed by atoms with E-state index in [0.717, 1.165) is 35.3 Å². The number of pyridine rings is 1. The van der Waals surface area contributed by atoms with E-state index in [0.29, 0.717) is 30.0 Å². The summed E-state index contributed by atoms with van der Waals surface area (Å²) in [5.74, 6) is 0.958. The first-order valence-electron chi connectivity index (χ1n) is 10.4. The average Bonchev–Trinajstić information content (AvgIpc) is 3.18. The van der Waals surface area contributed by atoms with Gasteiger partial charge in [0.1, 0.15) is 11.5 Å². The van der Waals surface area contributed by atoms with Gasteiger partial charge in [0.25, 0.3) is 11.8 Å².